The maximum atomic E-state index is 13.7. The van der Waals surface area contributed by atoms with Crippen LogP contribution in [0, 0.1) is 11.8 Å². The van der Waals surface area contributed by atoms with Gasteiger partial charge in [0.25, 0.3) is 0 Å². The summed E-state index contributed by atoms with van der Waals surface area (Å²) in [5.41, 5.74) is 1.01. The van der Waals surface area contributed by atoms with Crippen molar-refractivity contribution in [1.82, 2.24) is 4.90 Å². The molecule has 1 heterocycles. The monoisotopic (exact) mass is 441 g/mol. The van der Waals surface area contributed by atoms with E-state index in [4.69, 9.17) is 23.2 Å². The topological polar surface area (TPSA) is 57.6 Å². The number of likely N-dealkylation sites (tertiary alicyclic amines) is 1. The lowest BCUT2D eigenvalue weighted by molar-refractivity contribution is -0.145. The number of aliphatic hydroxyl groups is 1. The highest BCUT2D eigenvalue weighted by Gasteiger charge is 2.69. The summed E-state index contributed by atoms with van der Waals surface area (Å²) < 4.78 is 0. The normalized spacial score (nSPS) is 32.2. The zero-order valence-corrected chi connectivity index (χ0v) is 17.8. The molecule has 0 radical (unpaired) electrons. The Morgan fingerprint density at radius 1 is 0.867 bits per heavy atom. The summed E-state index contributed by atoms with van der Waals surface area (Å²) in [6.45, 7) is 0. The molecule has 0 spiro atoms. The number of hydrogen-bond acceptors (Lipinski definition) is 3. The molecule has 4 aliphatic carbocycles. The van der Waals surface area contributed by atoms with E-state index in [2.05, 4.69) is 0 Å². The predicted molar refractivity (Wildman–Crippen MR) is 113 cm³/mol. The summed E-state index contributed by atoms with van der Waals surface area (Å²) in [4.78, 5) is 28.9. The van der Waals surface area contributed by atoms with Gasteiger partial charge in [0.1, 0.15) is 5.60 Å². The van der Waals surface area contributed by atoms with Crippen LogP contribution in [-0.4, -0.2) is 27.9 Å². The van der Waals surface area contributed by atoms with Crippen LogP contribution in [0.15, 0.2) is 36.4 Å². The van der Waals surface area contributed by atoms with Crippen molar-refractivity contribution in [2.24, 2.45) is 11.8 Å². The number of amides is 2. The Morgan fingerprint density at radius 2 is 1.43 bits per heavy atom. The van der Waals surface area contributed by atoms with Crippen LogP contribution in [0.5, 0.6) is 0 Å². The smallest absolute Gasteiger partial charge is 0.237 e. The molecular formula is C24H21Cl2NO3. The minimum absolute atomic E-state index is 0.0791. The number of imide groups is 1. The molecule has 2 fully saturated rings. The second kappa shape index (κ2) is 6.32. The van der Waals surface area contributed by atoms with Crippen LogP contribution in [0.3, 0.4) is 0 Å². The quantitative estimate of drug-likeness (QED) is 0.656. The largest absolute Gasteiger partial charge is 0.379 e. The van der Waals surface area contributed by atoms with Crippen molar-refractivity contribution >= 4 is 35.0 Å². The number of rotatable bonds is 1. The molecule has 1 saturated carbocycles. The summed E-state index contributed by atoms with van der Waals surface area (Å²) in [6, 6.07) is 10.9. The molecule has 1 N–H and O–H groups in total. The Kier molecular flexibility index (Phi) is 3.97. The average molecular weight is 442 g/mol. The molecule has 154 valence electrons. The van der Waals surface area contributed by atoms with Crippen LogP contribution in [0.25, 0.3) is 0 Å². The van der Waals surface area contributed by atoms with Gasteiger partial charge in [-0.3, -0.25) is 14.5 Å². The van der Waals surface area contributed by atoms with E-state index in [-0.39, 0.29) is 23.8 Å². The van der Waals surface area contributed by atoms with Crippen molar-refractivity contribution in [2.75, 3.05) is 0 Å². The molecule has 5 aliphatic rings. The predicted octanol–water partition coefficient (Wildman–Crippen LogP) is 4.62. The van der Waals surface area contributed by atoms with Crippen molar-refractivity contribution in [1.29, 1.82) is 0 Å². The second-order valence-corrected chi connectivity index (χ2v) is 9.81. The highest BCUT2D eigenvalue weighted by molar-refractivity contribution is 6.33. The first kappa shape index (κ1) is 18.9. The first-order chi connectivity index (χ1) is 14.5. The lowest BCUT2D eigenvalue weighted by atomic mass is 9.52. The standard InChI is InChI=1S/C24H21Cl2NO3/c25-15-10-4-8-13-17-14-9-5-11-16(26)20(14)24(30,19(13)15)21-18(17)22(28)27(23(21)29)12-6-2-1-3-7-12/h4-5,8-12,17-18,21,30H,1-3,6-7H2. The minimum Gasteiger partial charge on any atom is -0.379 e. The molecule has 2 aromatic carbocycles. The lowest BCUT2D eigenvalue weighted by Gasteiger charge is -2.51. The maximum Gasteiger partial charge on any atom is 0.237 e. The number of hydrogen-bond donors (Lipinski definition) is 1. The fraction of sp³-hybridized carbons (Fsp3) is 0.417. The van der Waals surface area contributed by atoms with E-state index in [9.17, 15) is 14.7 Å². The summed E-state index contributed by atoms with van der Waals surface area (Å²) in [7, 11) is 0. The van der Waals surface area contributed by atoms with Crippen LogP contribution >= 0.6 is 23.2 Å². The molecule has 2 unspecified atom stereocenters. The van der Waals surface area contributed by atoms with Crippen LogP contribution in [0.1, 0.15) is 60.3 Å². The molecule has 2 atom stereocenters. The van der Waals surface area contributed by atoms with E-state index in [0.717, 1.165) is 43.2 Å². The summed E-state index contributed by atoms with van der Waals surface area (Å²) in [5, 5.41) is 13.1. The zero-order chi connectivity index (χ0) is 20.8. The first-order valence-electron chi connectivity index (χ1n) is 10.6. The summed E-state index contributed by atoms with van der Waals surface area (Å²) >= 11 is 13.2. The molecule has 0 aromatic heterocycles. The van der Waals surface area contributed by atoms with Crippen molar-refractivity contribution in [3.8, 4) is 0 Å². The van der Waals surface area contributed by atoms with Crippen LogP contribution < -0.4 is 0 Å². The lowest BCUT2D eigenvalue weighted by Crippen LogP contribution is -2.54. The minimum atomic E-state index is -1.71. The van der Waals surface area contributed by atoms with Gasteiger partial charge in [-0.1, -0.05) is 66.7 Å². The van der Waals surface area contributed by atoms with E-state index >= 15 is 0 Å². The Labute approximate surface area is 184 Å². The van der Waals surface area contributed by atoms with Gasteiger partial charge in [0.15, 0.2) is 0 Å². The van der Waals surface area contributed by atoms with Crippen molar-refractivity contribution < 1.29 is 14.7 Å². The Bertz CT molecular complexity index is 1050. The van der Waals surface area contributed by atoms with E-state index < -0.39 is 17.4 Å². The molecule has 6 heteroatoms. The summed E-state index contributed by atoms with van der Waals surface area (Å²) in [6.07, 6.45) is 4.84. The third kappa shape index (κ3) is 2.12. The number of carbonyl (C=O) groups is 2. The molecular weight excluding hydrogens is 421 g/mol. The fourth-order valence-electron chi connectivity index (χ4n) is 6.58. The third-order valence-corrected chi connectivity index (χ3v) is 8.29. The Morgan fingerprint density at radius 3 is 2.00 bits per heavy atom. The SMILES string of the molecule is O=C1C2C3c4cccc(Cl)c4C(O)(c4c(Cl)cccc43)C2C(=O)N1C1CCCCC1. The van der Waals surface area contributed by atoms with Crippen molar-refractivity contribution in [3.63, 3.8) is 0 Å². The zero-order valence-electron chi connectivity index (χ0n) is 16.3. The molecule has 7 rings (SSSR count). The Hall–Kier alpha value is -1.88. The number of benzene rings is 2. The van der Waals surface area contributed by atoms with Gasteiger partial charge in [0.2, 0.25) is 11.8 Å². The van der Waals surface area contributed by atoms with Gasteiger partial charge in [-0.15, -0.1) is 0 Å². The molecule has 30 heavy (non-hydrogen) atoms. The van der Waals surface area contributed by atoms with E-state index in [1.165, 1.54) is 4.90 Å². The van der Waals surface area contributed by atoms with Gasteiger partial charge in [0.05, 0.1) is 11.8 Å². The number of halogens is 2. The van der Waals surface area contributed by atoms with Gasteiger partial charge in [-0.05, 0) is 36.1 Å². The van der Waals surface area contributed by atoms with E-state index in [1.807, 2.05) is 24.3 Å². The van der Waals surface area contributed by atoms with E-state index in [1.54, 1.807) is 12.1 Å². The fourth-order valence-corrected chi connectivity index (χ4v) is 7.23. The van der Waals surface area contributed by atoms with Gasteiger partial charge in [-0.2, -0.15) is 0 Å². The molecule has 4 nitrogen and oxygen atoms in total. The molecule has 1 aliphatic heterocycles. The Balaban J connectivity index is 1.62. The highest BCUT2D eigenvalue weighted by atomic mass is 35.5. The molecule has 2 bridgehead atoms. The van der Waals surface area contributed by atoms with Gasteiger partial charge in [-0.25, -0.2) is 0 Å². The molecule has 2 aromatic rings. The molecule has 1 saturated heterocycles. The maximum absolute atomic E-state index is 13.7. The second-order valence-electron chi connectivity index (χ2n) is 8.99. The first-order valence-corrected chi connectivity index (χ1v) is 11.4. The van der Waals surface area contributed by atoms with Gasteiger partial charge >= 0.3 is 0 Å². The summed E-state index contributed by atoms with van der Waals surface area (Å²) in [5.74, 6) is -2.29. The van der Waals surface area contributed by atoms with Gasteiger partial charge < -0.3 is 5.11 Å². The number of carbonyl (C=O) groups excluding carboxylic acids is 2. The highest BCUT2D eigenvalue weighted by Crippen LogP contribution is 2.65. The average Bonchev–Trinajstić information content (AvgIpc) is 3.00. The van der Waals surface area contributed by atoms with Crippen molar-refractivity contribution in [3.05, 3.63) is 68.7 Å². The third-order valence-electron chi connectivity index (χ3n) is 7.66. The van der Waals surface area contributed by atoms with Crippen molar-refractivity contribution in [2.45, 2.75) is 49.7 Å². The van der Waals surface area contributed by atoms with E-state index in [0.29, 0.717) is 21.2 Å². The van der Waals surface area contributed by atoms with Gasteiger partial charge in [0, 0.05) is 33.1 Å². The molecule has 2 amide bonds. The van der Waals surface area contributed by atoms with Crippen LogP contribution in [-0.2, 0) is 15.2 Å². The number of nitrogens with zero attached hydrogens (tertiary/aromatic N) is 1. The van der Waals surface area contributed by atoms with Crippen LogP contribution in [0.4, 0.5) is 0 Å². The van der Waals surface area contributed by atoms with Crippen LogP contribution in [0.2, 0.25) is 10.0 Å².